The van der Waals surface area contributed by atoms with Gasteiger partial charge in [0, 0.05) is 21.0 Å². The van der Waals surface area contributed by atoms with E-state index >= 15 is 0 Å². The van der Waals surface area contributed by atoms with Gasteiger partial charge in [0.1, 0.15) is 5.15 Å². The zero-order chi connectivity index (χ0) is 12.3. The van der Waals surface area contributed by atoms with Crippen LogP contribution in [0.2, 0.25) is 5.15 Å². The fraction of sp³-hybridized carbons (Fsp3) is 0. The van der Waals surface area contributed by atoms with Crippen molar-refractivity contribution in [2.45, 2.75) is 0 Å². The maximum atomic E-state index is 11.9. The van der Waals surface area contributed by atoms with Crippen molar-refractivity contribution in [1.82, 2.24) is 4.98 Å². The molecule has 1 N–H and O–H groups in total. The molecule has 1 aromatic carbocycles. The van der Waals surface area contributed by atoms with Crippen LogP contribution in [0.5, 0.6) is 0 Å². The second-order valence-corrected chi connectivity index (χ2v) is 4.96. The molecule has 0 saturated carbocycles. The SMILES string of the molecule is O=C(Nc1ccnc(Cl)c1)c1cccc(I)c1. The van der Waals surface area contributed by atoms with Gasteiger partial charge in [-0.25, -0.2) is 4.98 Å². The summed E-state index contributed by atoms with van der Waals surface area (Å²) in [7, 11) is 0. The minimum atomic E-state index is -0.161. The van der Waals surface area contributed by atoms with Gasteiger partial charge in [-0.3, -0.25) is 4.79 Å². The lowest BCUT2D eigenvalue weighted by molar-refractivity contribution is 0.102. The fourth-order valence-corrected chi connectivity index (χ4v) is 2.03. The molecule has 1 aromatic heterocycles. The maximum absolute atomic E-state index is 11.9. The Bertz CT molecular complexity index is 560. The molecule has 2 aromatic rings. The Labute approximate surface area is 117 Å². The lowest BCUT2D eigenvalue weighted by atomic mass is 10.2. The van der Waals surface area contributed by atoms with Crippen molar-refractivity contribution in [3.05, 3.63) is 56.9 Å². The van der Waals surface area contributed by atoms with Crippen molar-refractivity contribution in [2.75, 3.05) is 5.32 Å². The number of rotatable bonds is 2. The van der Waals surface area contributed by atoms with E-state index < -0.39 is 0 Å². The predicted molar refractivity (Wildman–Crippen MR) is 76.4 cm³/mol. The van der Waals surface area contributed by atoms with E-state index in [9.17, 15) is 4.79 Å². The van der Waals surface area contributed by atoms with Gasteiger partial charge in [-0.05, 0) is 52.9 Å². The summed E-state index contributed by atoms with van der Waals surface area (Å²) in [6.45, 7) is 0. The average Bonchev–Trinajstić information content (AvgIpc) is 2.29. The summed E-state index contributed by atoms with van der Waals surface area (Å²) >= 11 is 7.90. The molecule has 0 atom stereocenters. The van der Waals surface area contributed by atoms with Gasteiger partial charge in [0.15, 0.2) is 0 Å². The third-order valence-corrected chi connectivity index (χ3v) is 2.95. The zero-order valence-corrected chi connectivity index (χ0v) is 11.6. The highest BCUT2D eigenvalue weighted by Crippen LogP contribution is 2.14. The molecule has 0 fully saturated rings. The lowest BCUT2D eigenvalue weighted by Crippen LogP contribution is -2.11. The topological polar surface area (TPSA) is 42.0 Å². The number of halogens is 2. The molecular formula is C12H8ClIN2O. The van der Waals surface area contributed by atoms with Crippen LogP contribution in [0.25, 0.3) is 0 Å². The van der Waals surface area contributed by atoms with E-state index in [1.165, 1.54) is 0 Å². The van der Waals surface area contributed by atoms with E-state index in [4.69, 9.17) is 11.6 Å². The van der Waals surface area contributed by atoms with E-state index in [0.717, 1.165) is 3.57 Å². The predicted octanol–water partition coefficient (Wildman–Crippen LogP) is 3.59. The first kappa shape index (κ1) is 12.3. The van der Waals surface area contributed by atoms with Crippen LogP contribution in [0.1, 0.15) is 10.4 Å². The Morgan fingerprint density at radius 3 is 2.82 bits per heavy atom. The van der Waals surface area contributed by atoms with E-state index in [1.807, 2.05) is 18.2 Å². The van der Waals surface area contributed by atoms with Crippen molar-refractivity contribution in [1.29, 1.82) is 0 Å². The first-order valence-corrected chi connectivity index (χ1v) is 6.29. The minimum Gasteiger partial charge on any atom is -0.322 e. The standard InChI is InChI=1S/C12H8ClIN2O/c13-11-7-10(4-5-15-11)16-12(17)8-2-1-3-9(14)6-8/h1-7H,(H,15,16,17). The highest BCUT2D eigenvalue weighted by molar-refractivity contribution is 14.1. The van der Waals surface area contributed by atoms with Crippen LogP contribution in [0.15, 0.2) is 42.6 Å². The molecule has 0 unspecified atom stereocenters. The molecule has 86 valence electrons. The lowest BCUT2D eigenvalue weighted by Gasteiger charge is -2.05. The summed E-state index contributed by atoms with van der Waals surface area (Å²) in [4.78, 5) is 15.7. The Balaban J connectivity index is 2.17. The van der Waals surface area contributed by atoms with Gasteiger partial charge in [-0.15, -0.1) is 0 Å². The zero-order valence-electron chi connectivity index (χ0n) is 8.65. The van der Waals surface area contributed by atoms with Gasteiger partial charge in [0.05, 0.1) is 0 Å². The second-order valence-electron chi connectivity index (χ2n) is 3.33. The summed E-state index contributed by atoms with van der Waals surface area (Å²) in [5, 5.41) is 3.11. The molecule has 1 amide bonds. The molecule has 0 aliphatic carbocycles. The average molecular weight is 359 g/mol. The molecule has 0 bridgehead atoms. The molecule has 0 radical (unpaired) electrons. The molecule has 0 aliphatic heterocycles. The number of benzene rings is 1. The molecule has 1 heterocycles. The van der Waals surface area contributed by atoms with E-state index in [2.05, 4.69) is 32.9 Å². The number of carbonyl (C=O) groups is 1. The van der Waals surface area contributed by atoms with Crippen molar-refractivity contribution in [3.8, 4) is 0 Å². The summed E-state index contributed by atoms with van der Waals surface area (Å²) in [6.07, 6.45) is 1.55. The van der Waals surface area contributed by atoms with Gasteiger partial charge in [-0.1, -0.05) is 17.7 Å². The Morgan fingerprint density at radius 2 is 2.12 bits per heavy atom. The van der Waals surface area contributed by atoms with Crippen molar-refractivity contribution in [3.63, 3.8) is 0 Å². The van der Waals surface area contributed by atoms with Gasteiger partial charge >= 0.3 is 0 Å². The molecule has 3 nitrogen and oxygen atoms in total. The van der Waals surface area contributed by atoms with Crippen LogP contribution < -0.4 is 5.32 Å². The minimum absolute atomic E-state index is 0.161. The second kappa shape index (κ2) is 5.46. The van der Waals surface area contributed by atoms with Crippen LogP contribution >= 0.6 is 34.2 Å². The molecule has 0 spiro atoms. The monoisotopic (exact) mass is 358 g/mol. The number of hydrogen-bond acceptors (Lipinski definition) is 2. The Kier molecular flexibility index (Phi) is 3.96. The highest BCUT2D eigenvalue weighted by Gasteiger charge is 2.06. The smallest absolute Gasteiger partial charge is 0.255 e. The molecule has 2 rings (SSSR count). The van der Waals surface area contributed by atoms with Gasteiger partial charge in [0.25, 0.3) is 5.91 Å². The van der Waals surface area contributed by atoms with Crippen LogP contribution in [0, 0.1) is 3.57 Å². The summed E-state index contributed by atoms with van der Waals surface area (Å²) in [5.74, 6) is -0.161. The first-order valence-electron chi connectivity index (χ1n) is 4.83. The largest absolute Gasteiger partial charge is 0.322 e. The van der Waals surface area contributed by atoms with Crippen molar-refractivity contribution >= 4 is 45.8 Å². The van der Waals surface area contributed by atoms with Crippen LogP contribution in [0.4, 0.5) is 5.69 Å². The number of aromatic nitrogens is 1. The van der Waals surface area contributed by atoms with Crippen molar-refractivity contribution < 1.29 is 4.79 Å². The third kappa shape index (κ3) is 3.41. The van der Waals surface area contributed by atoms with Crippen molar-refractivity contribution in [2.24, 2.45) is 0 Å². The number of pyridine rings is 1. The quantitative estimate of drug-likeness (QED) is 0.658. The van der Waals surface area contributed by atoms with Crippen LogP contribution in [0.3, 0.4) is 0 Å². The molecule has 0 saturated heterocycles. The summed E-state index contributed by atoms with van der Waals surface area (Å²) in [6, 6.07) is 10.7. The Morgan fingerprint density at radius 1 is 1.29 bits per heavy atom. The number of carbonyl (C=O) groups excluding carboxylic acids is 1. The molecule has 17 heavy (non-hydrogen) atoms. The van der Waals surface area contributed by atoms with Gasteiger partial charge in [0.2, 0.25) is 0 Å². The number of nitrogens with one attached hydrogen (secondary N) is 1. The molecule has 5 heteroatoms. The fourth-order valence-electron chi connectivity index (χ4n) is 1.31. The highest BCUT2D eigenvalue weighted by atomic mass is 127. The van der Waals surface area contributed by atoms with Gasteiger partial charge < -0.3 is 5.32 Å². The third-order valence-electron chi connectivity index (χ3n) is 2.07. The molecular weight excluding hydrogens is 351 g/mol. The number of nitrogens with zero attached hydrogens (tertiary/aromatic N) is 1. The molecule has 0 aliphatic rings. The number of anilines is 1. The Hall–Kier alpha value is -1.14. The van der Waals surface area contributed by atoms with Gasteiger partial charge in [-0.2, -0.15) is 0 Å². The van der Waals surface area contributed by atoms with E-state index in [0.29, 0.717) is 16.4 Å². The number of amides is 1. The van der Waals surface area contributed by atoms with E-state index in [1.54, 1.807) is 24.4 Å². The number of hydrogen-bond donors (Lipinski definition) is 1. The van der Waals surface area contributed by atoms with Crippen LogP contribution in [-0.4, -0.2) is 10.9 Å². The normalized spacial score (nSPS) is 10.0. The summed E-state index contributed by atoms with van der Waals surface area (Å²) in [5.41, 5.74) is 1.25. The first-order chi connectivity index (χ1) is 8.15. The maximum Gasteiger partial charge on any atom is 0.255 e. The van der Waals surface area contributed by atoms with Crippen LogP contribution in [-0.2, 0) is 0 Å². The summed E-state index contributed by atoms with van der Waals surface area (Å²) < 4.78 is 1.02. The van der Waals surface area contributed by atoms with E-state index in [-0.39, 0.29) is 5.91 Å².